The second-order valence-electron chi connectivity index (χ2n) is 4.69. The summed E-state index contributed by atoms with van der Waals surface area (Å²) in [5.41, 5.74) is 1.72. The van der Waals surface area contributed by atoms with Crippen molar-refractivity contribution < 1.29 is 14.6 Å². The summed E-state index contributed by atoms with van der Waals surface area (Å²) in [5.74, 6) is -2.20. The SMILES string of the molecule is O=C1c2ccccc2C2=Nc3cc(Cl)ccc3O[C@@]12O. The molecule has 4 nitrogen and oxygen atoms in total. The van der Waals surface area contributed by atoms with Crippen molar-refractivity contribution in [1.82, 2.24) is 0 Å². The van der Waals surface area contributed by atoms with E-state index < -0.39 is 11.6 Å². The summed E-state index contributed by atoms with van der Waals surface area (Å²) in [6, 6.07) is 11.8. The monoisotopic (exact) mass is 285 g/mol. The first-order chi connectivity index (χ1) is 9.59. The lowest BCUT2D eigenvalue weighted by molar-refractivity contribution is -0.0458. The molecule has 5 heteroatoms. The zero-order valence-electron chi connectivity index (χ0n) is 10.1. The van der Waals surface area contributed by atoms with Gasteiger partial charge in [-0.05, 0) is 18.2 Å². The Morgan fingerprint density at radius 1 is 1.15 bits per heavy atom. The van der Waals surface area contributed by atoms with E-state index in [-0.39, 0.29) is 5.71 Å². The summed E-state index contributed by atoms with van der Waals surface area (Å²) in [6.45, 7) is 0. The van der Waals surface area contributed by atoms with Crippen LogP contribution in [-0.2, 0) is 0 Å². The summed E-state index contributed by atoms with van der Waals surface area (Å²) >= 11 is 5.93. The van der Waals surface area contributed by atoms with Gasteiger partial charge in [-0.2, -0.15) is 0 Å². The van der Waals surface area contributed by atoms with E-state index in [4.69, 9.17) is 16.3 Å². The molecule has 1 atom stereocenters. The van der Waals surface area contributed by atoms with Crippen molar-refractivity contribution in [3.8, 4) is 5.75 Å². The van der Waals surface area contributed by atoms with Crippen LogP contribution >= 0.6 is 11.6 Å². The van der Waals surface area contributed by atoms with Gasteiger partial charge in [0, 0.05) is 16.1 Å². The Bertz CT molecular complexity index is 799. The van der Waals surface area contributed by atoms with E-state index in [1.54, 1.807) is 42.5 Å². The van der Waals surface area contributed by atoms with Crippen molar-refractivity contribution in [3.05, 3.63) is 58.6 Å². The molecular formula is C15H8ClNO3. The van der Waals surface area contributed by atoms with Crippen LogP contribution in [0.15, 0.2) is 47.5 Å². The van der Waals surface area contributed by atoms with Crippen LogP contribution < -0.4 is 4.74 Å². The third-order valence-corrected chi connectivity index (χ3v) is 3.70. The molecule has 0 aromatic heterocycles. The number of nitrogens with zero attached hydrogens (tertiary/aromatic N) is 1. The molecule has 2 aliphatic rings. The van der Waals surface area contributed by atoms with Crippen LogP contribution in [-0.4, -0.2) is 22.4 Å². The average Bonchev–Trinajstić information content (AvgIpc) is 2.66. The molecule has 0 fully saturated rings. The Labute approximate surface area is 119 Å². The summed E-state index contributed by atoms with van der Waals surface area (Å²) in [5, 5.41) is 11.1. The molecule has 1 aliphatic carbocycles. The smallest absolute Gasteiger partial charge is 0.318 e. The largest absolute Gasteiger partial charge is 0.447 e. The molecule has 20 heavy (non-hydrogen) atoms. The van der Waals surface area contributed by atoms with Crippen LogP contribution in [0.3, 0.4) is 0 Å². The predicted octanol–water partition coefficient (Wildman–Crippen LogP) is 2.74. The van der Waals surface area contributed by atoms with E-state index in [1.165, 1.54) is 0 Å². The number of halogens is 1. The van der Waals surface area contributed by atoms with E-state index in [1.807, 2.05) is 0 Å². The van der Waals surface area contributed by atoms with Gasteiger partial charge in [-0.1, -0.05) is 35.9 Å². The average molecular weight is 286 g/mol. The first-order valence-corrected chi connectivity index (χ1v) is 6.42. The Kier molecular flexibility index (Phi) is 2.14. The fraction of sp³-hybridized carbons (Fsp3) is 0.0667. The van der Waals surface area contributed by atoms with Gasteiger partial charge in [-0.25, -0.2) is 4.99 Å². The summed E-state index contributed by atoms with van der Waals surface area (Å²) in [4.78, 5) is 16.7. The molecule has 1 aliphatic heterocycles. The first kappa shape index (κ1) is 11.6. The maximum atomic E-state index is 12.3. The number of Topliss-reactive ketones (excluding diaryl/α,β-unsaturated/α-hetero) is 1. The van der Waals surface area contributed by atoms with Crippen molar-refractivity contribution >= 4 is 28.8 Å². The fourth-order valence-corrected chi connectivity index (χ4v) is 2.70. The van der Waals surface area contributed by atoms with Crippen LogP contribution in [0.4, 0.5) is 5.69 Å². The van der Waals surface area contributed by atoms with Crippen molar-refractivity contribution in [2.24, 2.45) is 4.99 Å². The minimum Gasteiger partial charge on any atom is -0.447 e. The molecule has 0 spiro atoms. The molecule has 0 amide bonds. The third-order valence-electron chi connectivity index (χ3n) is 3.47. The lowest BCUT2D eigenvalue weighted by atomic mass is 10.1. The summed E-state index contributed by atoms with van der Waals surface area (Å²) in [7, 11) is 0. The van der Waals surface area contributed by atoms with E-state index in [0.717, 1.165) is 0 Å². The number of ketones is 1. The van der Waals surface area contributed by atoms with Gasteiger partial charge in [0.25, 0.3) is 0 Å². The van der Waals surface area contributed by atoms with Gasteiger partial charge in [0.2, 0.25) is 5.78 Å². The highest BCUT2D eigenvalue weighted by Crippen LogP contribution is 2.43. The Morgan fingerprint density at radius 2 is 1.90 bits per heavy atom. The third kappa shape index (κ3) is 1.35. The molecule has 2 aromatic rings. The summed E-state index contributed by atoms with van der Waals surface area (Å²) < 4.78 is 5.51. The van der Waals surface area contributed by atoms with Crippen LogP contribution in [0.25, 0.3) is 0 Å². The molecule has 0 saturated heterocycles. The van der Waals surface area contributed by atoms with Gasteiger partial charge in [-0.3, -0.25) is 4.79 Å². The zero-order chi connectivity index (χ0) is 13.9. The van der Waals surface area contributed by atoms with Gasteiger partial charge in [0.1, 0.15) is 17.1 Å². The lowest BCUT2D eigenvalue weighted by Gasteiger charge is -2.28. The zero-order valence-corrected chi connectivity index (χ0v) is 10.9. The number of hydrogen-bond acceptors (Lipinski definition) is 4. The van der Waals surface area contributed by atoms with Crippen molar-refractivity contribution in [2.45, 2.75) is 5.79 Å². The number of hydrogen-bond donors (Lipinski definition) is 1. The molecule has 1 heterocycles. The Morgan fingerprint density at radius 3 is 2.70 bits per heavy atom. The number of carbonyl (C=O) groups excluding carboxylic acids is 1. The number of fused-ring (bicyclic) bond motifs is 4. The number of aliphatic imine (C=N–C) groups is 1. The molecule has 0 unspecified atom stereocenters. The van der Waals surface area contributed by atoms with E-state index in [2.05, 4.69) is 4.99 Å². The molecule has 98 valence electrons. The van der Waals surface area contributed by atoms with Crippen molar-refractivity contribution in [1.29, 1.82) is 0 Å². The predicted molar refractivity (Wildman–Crippen MR) is 74.0 cm³/mol. The molecule has 0 saturated carbocycles. The van der Waals surface area contributed by atoms with E-state index >= 15 is 0 Å². The number of ether oxygens (including phenoxy) is 1. The number of aliphatic hydroxyl groups is 1. The first-order valence-electron chi connectivity index (χ1n) is 6.04. The molecule has 4 rings (SSSR count). The van der Waals surface area contributed by atoms with Crippen LogP contribution in [0.1, 0.15) is 15.9 Å². The van der Waals surface area contributed by atoms with Gasteiger partial charge in [0.05, 0.1) is 0 Å². The molecule has 0 radical (unpaired) electrons. The highest BCUT2D eigenvalue weighted by Gasteiger charge is 2.54. The lowest BCUT2D eigenvalue weighted by Crippen LogP contribution is -2.48. The Hall–Kier alpha value is -2.17. The van der Waals surface area contributed by atoms with Gasteiger partial charge < -0.3 is 9.84 Å². The van der Waals surface area contributed by atoms with Crippen LogP contribution in [0.5, 0.6) is 5.75 Å². The standard InChI is InChI=1S/C15H8ClNO3/c16-8-5-6-12-11(7-8)17-13-9-3-1-2-4-10(9)14(18)15(13,19)20-12/h1-7,19H/t15-/m1/s1. The number of rotatable bonds is 0. The minimum atomic E-state index is -2.04. The number of benzene rings is 2. The van der Waals surface area contributed by atoms with E-state index in [9.17, 15) is 9.90 Å². The van der Waals surface area contributed by atoms with Crippen LogP contribution in [0, 0.1) is 0 Å². The molecule has 0 bridgehead atoms. The van der Waals surface area contributed by atoms with Crippen molar-refractivity contribution in [2.75, 3.05) is 0 Å². The molecule has 2 aromatic carbocycles. The maximum Gasteiger partial charge on any atom is 0.318 e. The van der Waals surface area contributed by atoms with Crippen molar-refractivity contribution in [3.63, 3.8) is 0 Å². The quantitative estimate of drug-likeness (QED) is 0.810. The van der Waals surface area contributed by atoms with Gasteiger partial charge in [0.15, 0.2) is 0 Å². The fourth-order valence-electron chi connectivity index (χ4n) is 2.53. The van der Waals surface area contributed by atoms with Crippen LogP contribution in [0.2, 0.25) is 5.02 Å². The topological polar surface area (TPSA) is 58.9 Å². The normalized spacial score (nSPS) is 22.5. The maximum absolute atomic E-state index is 12.3. The minimum absolute atomic E-state index is 0.216. The Balaban J connectivity index is 2.01. The summed E-state index contributed by atoms with van der Waals surface area (Å²) in [6.07, 6.45) is 0. The van der Waals surface area contributed by atoms with Gasteiger partial charge in [-0.15, -0.1) is 0 Å². The highest BCUT2D eigenvalue weighted by molar-refractivity contribution is 6.34. The molecular weight excluding hydrogens is 278 g/mol. The van der Waals surface area contributed by atoms with E-state index in [0.29, 0.717) is 27.6 Å². The number of carbonyl (C=O) groups is 1. The molecule has 1 N–H and O–H groups in total. The highest BCUT2D eigenvalue weighted by atomic mass is 35.5. The van der Waals surface area contributed by atoms with Gasteiger partial charge >= 0.3 is 5.79 Å². The second kappa shape index (κ2) is 3.69. The second-order valence-corrected chi connectivity index (χ2v) is 5.13.